The summed E-state index contributed by atoms with van der Waals surface area (Å²) in [7, 11) is 0. The Bertz CT molecular complexity index is 435. The normalized spacial score (nSPS) is 29.1. The fraction of sp³-hybridized carbons (Fsp3) is 0.750. The Morgan fingerprint density at radius 2 is 1.52 bits per heavy atom. The molecule has 154 valence electrons. The lowest BCUT2D eigenvalue weighted by molar-refractivity contribution is -0.386. The molecule has 0 saturated carbocycles. The summed E-state index contributed by atoms with van der Waals surface area (Å²) in [6.07, 6.45) is 27.2. The predicted molar refractivity (Wildman–Crippen MR) is 113 cm³/mol. The molecule has 0 spiro atoms. The van der Waals surface area contributed by atoms with Gasteiger partial charge in [0.15, 0.2) is 0 Å². The largest absolute Gasteiger partial charge is 0.372 e. The lowest BCUT2D eigenvalue weighted by Crippen LogP contribution is -2.36. The second-order valence-electron chi connectivity index (χ2n) is 7.93. The van der Waals surface area contributed by atoms with Crippen molar-refractivity contribution in [1.29, 1.82) is 0 Å². The van der Waals surface area contributed by atoms with E-state index in [9.17, 15) is 0 Å². The number of unbranched alkanes of at least 4 members (excludes halogenated alkanes) is 5. The van der Waals surface area contributed by atoms with Crippen LogP contribution in [0.2, 0.25) is 0 Å². The molecule has 3 heteroatoms. The molecule has 0 radical (unpaired) electrons. The molecule has 0 bridgehead atoms. The Labute approximate surface area is 166 Å². The van der Waals surface area contributed by atoms with Crippen LogP contribution in [-0.4, -0.2) is 24.4 Å². The summed E-state index contributed by atoms with van der Waals surface area (Å²) in [5, 5.41) is 0. The van der Waals surface area contributed by atoms with E-state index in [4.69, 9.17) is 14.5 Å². The third-order valence-electron chi connectivity index (χ3n) is 5.67. The van der Waals surface area contributed by atoms with Gasteiger partial charge in [-0.2, -0.15) is 0 Å². The molecular formula is C24H40O3. The summed E-state index contributed by atoms with van der Waals surface area (Å²) < 4.78 is 6.24. The number of ether oxygens (including phenoxy) is 1. The smallest absolute Gasteiger partial charge is 0.119 e. The minimum absolute atomic E-state index is 0.149. The van der Waals surface area contributed by atoms with Gasteiger partial charge in [-0.05, 0) is 64.2 Å². The predicted octanol–water partition coefficient (Wildman–Crippen LogP) is 6.84. The van der Waals surface area contributed by atoms with E-state index in [1.165, 1.54) is 44.9 Å². The van der Waals surface area contributed by atoms with E-state index in [-0.39, 0.29) is 18.3 Å². The zero-order valence-corrected chi connectivity index (χ0v) is 17.3. The van der Waals surface area contributed by atoms with Gasteiger partial charge in [-0.3, -0.25) is 0 Å². The summed E-state index contributed by atoms with van der Waals surface area (Å²) in [4.78, 5) is 11.1. The van der Waals surface area contributed by atoms with Gasteiger partial charge in [0, 0.05) is 0 Å². The molecule has 2 fully saturated rings. The third kappa shape index (κ3) is 9.23. The standard InChI is InChI=1S/C24H40O3/c1-3-5-6-7-8-9-10-11-12-13-14-15-16-22-18-19-23(25-22)24-20-17-21(4-2)26-27-24/h3,7-10,21-24H,1,4-6,11-20H2,2H3/b8-7-,10-9-/t21-,22+,23-,24-/m1/s1. The van der Waals surface area contributed by atoms with Crippen LogP contribution in [0.3, 0.4) is 0 Å². The third-order valence-corrected chi connectivity index (χ3v) is 5.67. The Hall–Kier alpha value is -0.900. The van der Waals surface area contributed by atoms with Gasteiger partial charge in [-0.15, -0.1) is 6.58 Å². The van der Waals surface area contributed by atoms with Gasteiger partial charge in [-0.1, -0.05) is 56.6 Å². The van der Waals surface area contributed by atoms with Crippen LogP contribution in [0.4, 0.5) is 0 Å². The molecule has 0 aromatic heterocycles. The van der Waals surface area contributed by atoms with Crippen LogP contribution >= 0.6 is 0 Å². The first kappa shape index (κ1) is 22.4. The van der Waals surface area contributed by atoms with E-state index >= 15 is 0 Å². The molecule has 0 N–H and O–H groups in total. The molecule has 27 heavy (non-hydrogen) atoms. The zero-order chi connectivity index (χ0) is 19.2. The van der Waals surface area contributed by atoms with Crippen LogP contribution in [0.1, 0.15) is 90.4 Å². The highest BCUT2D eigenvalue weighted by atomic mass is 17.2. The lowest BCUT2D eigenvalue weighted by atomic mass is 10.0. The molecule has 4 atom stereocenters. The van der Waals surface area contributed by atoms with Crippen molar-refractivity contribution < 1.29 is 14.5 Å². The molecule has 2 heterocycles. The minimum Gasteiger partial charge on any atom is -0.372 e. The summed E-state index contributed by atoms with van der Waals surface area (Å²) >= 11 is 0. The van der Waals surface area contributed by atoms with Crippen LogP contribution in [0.25, 0.3) is 0 Å². The Morgan fingerprint density at radius 1 is 0.778 bits per heavy atom. The summed E-state index contributed by atoms with van der Waals surface area (Å²) in [5.74, 6) is 0. The fourth-order valence-electron chi connectivity index (χ4n) is 3.89. The van der Waals surface area contributed by atoms with Crippen molar-refractivity contribution in [2.24, 2.45) is 0 Å². The molecule has 0 aliphatic carbocycles. The zero-order valence-electron chi connectivity index (χ0n) is 17.3. The van der Waals surface area contributed by atoms with Crippen molar-refractivity contribution in [2.45, 2.75) is 115 Å². The number of hydrogen-bond donors (Lipinski definition) is 0. The number of allylic oxidation sites excluding steroid dienone is 5. The van der Waals surface area contributed by atoms with Crippen molar-refractivity contribution in [3.63, 3.8) is 0 Å². The SMILES string of the molecule is C=CCC/C=C\C=C/CCCCCC[C@H]1CC[C@H]([C@H]2CC[C@@H](CC)OO2)O1. The highest BCUT2D eigenvalue weighted by molar-refractivity contribution is 5.02. The maximum Gasteiger partial charge on any atom is 0.119 e. The van der Waals surface area contributed by atoms with Crippen molar-refractivity contribution in [1.82, 2.24) is 0 Å². The number of rotatable bonds is 13. The van der Waals surface area contributed by atoms with Crippen molar-refractivity contribution >= 4 is 0 Å². The monoisotopic (exact) mass is 376 g/mol. The van der Waals surface area contributed by atoms with E-state index in [0.29, 0.717) is 6.10 Å². The van der Waals surface area contributed by atoms with Gasteiger partial charge in [0.05, 0.1) is 18.3 Å². The van der Waals surface area contributed by atoms with Gasteiger partial charge in [0.2, 0.25) is 0 Å². The van der Waals surface area contributed by atoms with E-state index in [1.54, 1.807) is 0 Å². The first-order valence-electron chi connectivity index (χ1n) is 11.2. The first-order chi connectivity index (χ1) is 13.3. The van der Waals surface area contributed by atoms with Crippen molar-refractivity contribution in [2.75, 3.05) is 0 Å². The quantitative estimate of drug-likeness (QED) is 0.152. The summed E-state index contributed by atoms with van der Waals surface area (Å²) in [6, 6.07) is 0. The molecule has 2 saturated heterocycles. The lowest BCUT2D eigenvalue weighted by Gasteiger charge is -2.30. The molecule has 0 aromatic carbocycles. The molecule has 0 unspecified atom stereocenters. The minimum atomic E-state index is 0.149. The first-order valence-corrected chi connectivity index (χ1v) is 11.2. The molecule has 3 nitrogen and oxygen atoms in total. The van der Waals surface area contributed by atoms with E-state index in [0.717, 1.165) is 38.5 Å². The van der Waals surface area contributed by atoms with Crippen molar-refractivity contribution in [3.8, 4) is 0 Å². The summed E-state index contributed by atoms with van der Waals surface area (Å²) in [5.41, 5.74) is 0. The average Bonchev–Trinajstić information content (AvgIpc) is 3.18. The van der Waals surface area contributed by atoms with E-state index < -0.39 is 0 Å². The molecule has 2 rings (SSSR count). The van der Waals surface area contributed by atoms with Crippen LogP contribution in [-0.2, 0) is 14.5 Å². The second-order valence-corrected chi connectivity index (χ2v) is 7.93. The van der Waals surface area contributed by atoms with E-state index in [2.05, 4.69) is 37.8 Å². The average molecular weight is 377 g/mol. The van der Waals surface area contributed by atoms with Gasteiger partial charge in [0.25, 0.3) is 0 Å². The second kappa shape index (κ2) is 14.1. The summed E-state index contributed by atoms with van der Waals surface area (Å²) in [6.45, 7) is 5.88. The van der Waals surface area contributed by atoms with Crippen LogP contribution < -0.4 is 0 Å². The number of hydrogen-bond acceptors (Lipinski definition) is 3. The maximum absolute atomic E-state index is 6.24. The molecule has 2 aliphatic rings. The van der Waals surface area contributed by atoms with E-state index in [1.807, 2.05) is 6.08 Å². The molecule has 2 aliphatic heterocycles. The topological polar surface area (TPSA) is 27.7 Å². The van der Waals surface area contributed by atoms with Crippen LogP contribution in [0.5, 0.6) is 0 Å². The van der Waals surface area contributed by atoms with Gasteiger partial charge < -0.3 is 4.74 Å². The van der Waals surface area contributed by atoms with Crippen LogP contribution in [0.15, 0.2) is 37.0 Å². The highest BCUT2D eigenvalue weighted by Gasteiger charge is 2.35. The van der Waals surface area contributed by atoms with Crippen LogP contribution in [0, 0.1) is 0 Å². The van der Waals surface area contributed by atoms with Gasteiger partial charge >= 0.3 is 0 Å². The maximum atomic E-state index is 6.24. The molecular weight excluding hydrogens is 336 g/mol. The molecule has 0 amide bonds. The Balaban J connectivity index is 1.43. The Kier molecular flexibility index (Phi) is 11.7. The fourth-order valence-corrected chi connectivity index (χ4v) is 3.89. The van der Waals surface area contributed by atoms with Gasteiger partial charge in [0.1, 0.15) is 6.10 Å². The van der Waals surface area contributed by atoms with Crippen molar-refractivity contribution in [3.05, 3.63) is 37.0 Å². The highest BCUT2D eigenvalue weighted by Crippen LogP contribution is 2.31. The Morgan fingerprint density at radius 3 is 2.26 bits per heavy atom. The van der Waals surface area contributed by atoms with Gasteiger partial charge in [-0.25, -0.2) is 9.78 Å². The molecule has 0 aromatic rings.